The molecule has 0 radical (unpaired) electrons. The Bertz CT molecular complexity index is 502. The quantitative estimate of drug-likeness (QED) is 0.862. The van der Waals surface area contributed by atoms with Crippen molar-refractivity contribution in [3.8, 4) is 0 Å². The molecule has 2 rings (SSSR count). The highest BCUT2D eigenvalue weighted by Crippen LogP contribution is 2.22. The van der Waals surface area contributed by atoms with E-state index in [2.05, 4.69) is 43.2 Å². The predicted octanol–water partition coefficient (Wildman–Crippen LogP) is 3.44. The standard InChI is InChI=1S/C16H22N2O/c1-4-13-6-7-14(18-11-13)10-15(17-5-2)16-12(3)8-9-19-16/h6-9,11,15,17H,4-5,10H2,1-3H3. The lowest BCUT2D eigenvalue weighted by atomic mass is 10.0. The summed E-state index contributed by atoms with van der Waals surface area (Å²) in [6, 6.07) is 6.47. The summed E-state index contributed by atoms with van der Waals surface area (Å²) in [4.78, 5) is 4.53. The third kappa shape index (κ3) is 3.44. The average molecular weight is 258 g/mol. The number of pyridine rings is 1. The van der Waals surface area contributed by atoms with Crippen molar-refractivity contribution in [1.82, 2.24) is 10.3 Å². The van der Waals surface area contributed by atoms with E-state index < -0.39 is 0 Å². The molecule has 0 aliphatic rings. The lowest BCUT2D eigenvalue weighted by molar-refractivity contribution is 0.411. The average Bonchev–Trinajstić information content (AvgIpc) is 2.85. The molecular weight excluding hydrogens is 236 g/mol. The molecule has 0 aliphatic heterocycles. The van der Waals surface area contributed by atoms with Gasteiger partial charge in [0.2, 0.25) is 0 Å². The molecular formula is C16H22N2O. The summed E-state index contributed by atoms with van der Waals surface area (Å²) in [6.07, 6.45) is 5.60. The van der Waals surface area contributed by atoms with Gasteiger partial charge in [-0.1, -0.05) is 19.9 Å². The van der Waals surface area contributed by atoms with E-state index in [9.17, 15) is 0 Å². The molecule has 1 N–H and O–H groups in total. The highest BCUT2D eigenvalue weighted by molar-refractivity contribution is 5.21. The van der Waals surface area contributed by atoms with Gasteiger partial charge in [-0.15, -0.1) is 0 Å². The zero-order chi connectivity index (χ0) is 13.7. The zero-order valence-electron chi connectivity index (χ0n) is 11.9. The van der Waals surface area contributed by atoms with Crippen molar-refractivity contribution in [1.29, 1.82) is 0 Å². The fourth-order valence-corrected chi connectivity index (χ4v) is 2.24. The normalized spacial score (nSPS) is 12.6. The molecule has 0 saturated carbocycles. The van der Waals surface area contributed by atoms with Crippen LogP contribution >= 0.6 is 0 Å². The van der Waals surface area contributed by atoms with E-state index in [1.807, 2.05) is 12.3 Å². The number of aryl methyl sites for hydroxylation is 2. The summed E-state index contributed by atoms with van der Waals surface area (Å²) in [5, 5.41) is 3.47. The second-order valence-electron chi connectivity index (χ2n) is 4.79. The number of hydrogen-bond acceptors (Lipinski definition) is 3. The first kappa shape index (κ1) is 13.8. The number of likely N-dealkylation sites (N-methyl/N-ethyl adjacent to an activating group) is 1. The van der Waals surface area contributed by atoms with Crippen LogP contribution in [-0.2, 0) is 12.8 Å². The Labute approximate surface area is 115 Å². The fraction of sp³-hybridized carbons (Fsp3) is 0.438. The second-order valence-corrected chi connectivity index (χ2v) is 4.79. The lowest BCUT2D eigenvalue weighted by Crippen LogP contribution is -2.23. The summed E-state index contributed by atoms with van der Waals surface area (Å²) >= 11 is 0. The van der Waals surface area contributed by atoms with Gasteiger partial charge in [0, 0.05) is 18.3 Å². The highest BCUT2D eigenvalue weighted by Gasteiger charge is 2.17. The zero-order valence-corrected chi connectivity index (χ0v) is 11.9. The van der Waals surface area contributed by atoms with Crippen LogP contribution in [0.2, 0.25) is 0 Å². The number of rotatable bonds is 6. The van der Waals surface area contributed by atoms with E-state index in [1.165, 1.54) is 11.1 Å². The third-order valence-electron chi connectivity index (χ3n) is 3.38. The molecule has 1 atom stereocenters. The number of nitrogens with zero attached hydrogens (tertiary/aromatic N) is 1. The largest absolute Gasteiger partial charge is 0.467 e. The minimum absolute atomic E-state index is 0.194. The topological polar surface area (TPSA) is 38.1 Å². The first-order valence-corrected chi connectivity index (χ1v) is 6.95. The molecule has 0 aliphatic carbocycles. The summed E-state index contributed by atoms with van der Waals surface area (Å²) in [6.45, 7) is 7.25. The molecule has 2 aromatic heterocycles. The van der Waals surface area contributed by atoms with Gasteiger partial charge in [-0.05, 0) is 43.1 Å². The maximum Gasteiger partial charge on any atom is 0.123 e. The van der Waals surface area contributed by atoms with Gasteiger partial charge >= 0.3 is 0 Å². The van der Waals surface area contributed by atoms with Gasteiger partial charge in [0.05, 0.1) is 12.3 Å². The molecule has 1 unspecified atom stereocenters. The SMILES string of the molecule is CCNC(Cc1ccc(CC)cn1)c1occc1C. The molecule has 0 aromatic carbocycles. The molecule has 3 nitrogen and oxygen atoms in total. The Morgan fingerprint density at radius 3 is 2.63 bits per heavy atom. The van der Waals surface area contributed by atoms with E-state index in [4.69, 9.17) is 4.42 Å². The van der Waals surface area contributed by atoms with Gasteiger partial charge in [0.15, 0.2) is 0 Å². The Hall–Kier alpha value is -1.61. The summed E-state index contributed by atoms with van der Waals surface area (Å²) < 4.78 is 5.61. The van der Waals surface area contributed by atoms with Gasteiger partial charge in [0.25, 0.3) is 0 Å². The van der Waals surface area contributed by atoms with E-state index in [-0.39, 0.29) is 6.04 Å². The van der Waals surface area contributed by atoms with Crippen molar-refractivity contribution in [2.75, 3.05) is 6.54 Å². The molecule has 0 saturated heterocycles. The van der Waals surface area contributed by atoms with Crippen molar-refractivity contribution in [2.24, 2.45) is 0 Å². The molecule has 0 bridgehead atoms. The van der Waals surface area contributed by atoms with Crippen LogP contribution in [0.4, 0.5) is 0 Å². The molecule has 2 heterocycles. The van der Waals surface area contributed by atoms with E-state index in [0.717, 1.165) is 30.8 Å². The molecule has 2 aromatic rings. The van der Waals surface area contributed by atoms with E-state index >= 15 is 0 Å². The number of hydrogen-bond donors (Lipinski definition) is 1. The summed E-state index contributed by atoms with van der Waals surface area (Å²) in [7, 11) is 0. The minimum atomic E-state index is 0.194. The van der Waals surface area contributed by atoms with Crippen LogP contribution in [0.1, 0.15) is 42.5 Å². The Morgan fingerprint density at radius 2 is 2.11 bits per heavy atom. The number of furan rings is 1. The maximum atomic E-state index is 5.61. The molecule has 102 valence electrons. The number of nitrogens with one attached hydrogen (secondary N) is 1. The molecule has 19 heavy (non-hydrogen) atoms. The Kier molecular flexibility index (Phi) is 4.74. The number of aromatic nitrogens is 1. The summed E-state index contributed by atoms with van der Waals surface area (Å²) in [5.41, 5.74) is 3.56. The molecule has 3 heteroatoms. The van der Waals surface area contributed by atoms with Crippen LogP contribution in [0.25, 0.3) is 0 Å². The van der Waals surface area contributed by atoms with Gasteiger partial charge in [-0.2, -0.15) is 0 Å². The van der Waals surface area contributed by atoms with Gasteiger partial charge in [0.1, 0.15) is 5.76 Å². The first-order valence-electron chi connectivity index (χ1n) is 6.95. The minimum Gasteiger partial charge on any atom is -0.467 e. The predicted molar refractivity (Wildman–Crippen MR) is 77.2 cm³/mol. The van der Waals surface area contributed by atoms with Crippen LogP contribution in [0.3, 0.4) is 0 Å². The van der Waals surface area contributed by atoms with Crippen LogP contribution in [0, 0.1) is 6.92 Å². The molecule has 0 amide bonds. The van der Waals surface area contributed by atoms with E-state index in [1.54, 1.807) is 6.26 Å². The van der Waals surface area contributed by atoms with Crippen molar-refractivity contribution in [3.63, 3.8) is 0 Å². The molecule has 0 spiro atoms. The van der Waals surface area contributed by atoms with Crippen LogP contribution < -0.4 is 5.32 Å². The fourth-order valence-electron chi connectivity index (χ4n) is 2.24. The van der Waals surface area contributed by atoms with Crippen molar-refractivity contribution in [2.45, 2.75) is 39.7 Å². The smallest absolute Gasteiger partial charge is 0.123 e. The van der Waals surface area contributed by atoms with Gasteiger partial charge in [-0.25, -0.2) is 0 Å². The first-order chi connectivity index (χ1) is 9.24. The Morgan fingerprint density at radius 1 is 1.26 bits per heavy atom. The Balaban J connectivity index is 2.14. The van der Waals surface area contributed by atoms with Gasteiger partial charge < -0.3 is 9.73 Å². The maximum absolute atomic E-state index is 5.61. The van der Waals surface area contributed by atoms with Crippen molar-refractivity contribution >= 4 is 0 Å². The third-order valence-corrected chi connectivity index (χ3v) is 3.38. The molecule has 0 fully saturated rings. The van der Waals surface area contributed by atoms with Gasteiger partial charge in [-0.3, -0.25) is 4.98 Å². The second kappa shape index (κ2) is 6.53. The van der Waals surface area contributed by atoms with Crippen molar-refractivity contribution < 1.29 is 4.42 Å². The van der Waals surface area contributed by atoms with Crippen molar-refractivity contribution in [3.05, 3.63) is 53.2 Å². The van der Waals surface area contributed by atoms with Crippen LogP contribution in [0.5, 0.6) is 0 Å². The monoisotopic (exact) mass is 258 g/mol. The van der Waals surface area contributed by atoms with Crippen LogP contribution in [0.15, 0.2) is 35.1 Å². The highest BCUT2D eigenvalue weighted by atomic mass is 16.3. The lowest BCUT2D eigenvalue weighted by Gasteiger charge is -2.16. The van der Waals surface area contributed by atoms with Crippen LogP contribution in [-0.4, -0.2) is 11.5 Å². The van der Waals surface area contributed by atoms with E-state index in [0.29, 0.717) is 0 Å². The summed E-state index contributed by atoms with van der Waals surface area (Å²) in [5.74, 6) is 1.02.